The fourth-order valence-electron chi connectivity index (χ4n) is 3.09. The Hall–Kier alpha value is -1.34. The van der Waals surface area contributed by atoms with Crippen molar-refractivity contribution in [3.8, 4) is 5.75 Å². The van der Waals surface area contributed by atoms with Crippen LogP contribution >= 0.6 is 27.5 Å². The fourth-order valence-corrected chi connectivity index (χ4v) is 3.49. The molecule has 134 valence electrons. The molecule has 0 saturated carbocycles. The Morgan fingerprint density at radius 1 is 1.24 bits per heavy atom. The molecule has 3 rings (SSSR count). The van der Waals surface area contributed by atoms with Gasteiger partial charge in [-0.2, -0.15) is 0 Å². The minimum Gasteiger partial charge on any atom is -0.502 e. The molecule has 1 aliphatic heterocycles. The Morgan fingerprint density at radius 3 is 2.48 bits per heavy atom. The third-order valence-electron chi connectivity index (χ3n) is 4.61. The van der Waals surface area contributed by atoms with Crippen LogP contribution < -0.4 is 5.43 Å². The summed E-state index contributed by atoms with van der Waals surface area (Å²) in [5, 5.41) is 20.8. The van der Waals surface area contributed by atoms with Crippen LogP contribution in [0.25, 0.3) is 0 Å². The number of likely N-dealkylation sites (tertiary alicyclic amines) is 1. The van der Waals surface area contributed by atoms with E-state index in [0.717, 1.165) is 10.0 Å². The number of halogens is 2. The molecule has 2 heterocycles. The highest BCUT2D eigenvalue weighted by Crippen LogP contribution is 2.34. The first-order valence-corrected chi connectivity index (χ1v) is 9.35. The summed E-state index contributed by atoms with van der Waals surface area (Å²) in [6.45, 7) is 1.56. The van der Waals surface area contributed by atoms with Crippen molar-refractivity contribution in [3.63, 3.8) is 0 Å². The highest BCUT2D eigenvalue weighted by molar-refractivity contribution is 9.10. The van der Waals surface area contributed by atoms with Crippen molar-refractivity contribution in [1.82, 2.24) is 4.90 Å². The molecule has 1 aromatic carbocycles. The molecule has 0 amide bonds. The number of hydrogen-bond donors (Lipinski definition) is 2. The maximum Gasteiger partial charge on any atom is 0.227 e. The van der Waals surface area contributed by atoms with E-state index < -0.39 is 11.0 Å². The average molecular weight is 429 g/mol. The Kier molecular flexibility index (Phi) is 5.53. The molecule has 0 spiro atoms. The van der Waals surface area contributed by atoms with Gasteiger partial charge in [-0.25, -0.2) is 0 Å². The predicted molar refractivity (Wildman–Crippen MR) is 98.7 cm³/mol. The van der Waals surface area contributed by atoms with E-state index >= 15 is 0 Å². The lowest BCUT2D eigenvalue weighted by atomic mass is 9.84. The van der Waals surface area contributed by atoms with Crippen LogP contribution in [0.4, 0.5) is 0 Å². The highest BCUT2D eigenvalue weighted by atomic mass is 79.9. The Morgan fingerprint density at radius 2 is 1.88 bits per heavy atom. The van der Waals surface area contributed by atoms with Crippen molar-refractivity contribution < 1.29 is 14.6 Å². The summed E-state index contributed by atoms with van der Waals surface area (Å²) in [4.78, 5) is 13.8. The summed E-state index contributed by atoms with van der Waals surface area (Å²) in [7, 11) is 0. The molecule has 0 unspecified atom stereocenters. The van der Waals surface area contributed by atoms with Gasteiger partial charge in [0.15, 0.2) is 5.76 Å². The topological polar surface area (TPSA) is 73.9 Å². The fraction of sp³-hybridized carbons (Fsp3) is 0.389. The largest absolute Gasteiger partial charge is 0.502 e. The molecule has 1 aromatic heterocycles. The van der Waals surface area contributed by atoms with Gasteiger partial charge in [0.2, 0.25) is 11.2 Å². The van der Waals surface area contributed by atoms with Crippen molar-refractivity contribution in [2.75, 3.05) is 13.1 Å². The molecule has 2 aromatic rings. The van der Waals surface area contributed by atoms with Gasteiger partial charge >= 0.3 is 0 Å². The van der Waals surface area contributed by atoms with E-state index in [1.54, 1.807) is 0 Å². The third kappa shape index (κ3) is 4.08. The molecule has 7 heteroatoms. The average Bonchev–Trinajstić information content (AvgIpc) is 2.61. The molecule has 0 radical (unpaired) electrons. The monoisotopic (exact) mass is 427 g/mol. The van der Waals surface area contributed by atoms with Crippen LogP contribution in [-0.4, -0.2) is 28.2 Å². The second kappa shape index (κ2) is 7.50. The quantitative estimate of drug-likeness (QED) is 0.731. The lowest BCUT2D eigenvalue weighted by molar-refractivity contribution is -0.0292. The second-order valence-electron chi connectivity index (χ2n) is 6.30. The van der Waals surface area contributed by atoms with E-state index in [9.17, 15) is 15.0 Å². The van der Waals surface area contributed by atoms with Crippen molar-refractivity contribution in [3.05, 3.63) is 62.1 Å². The Bertz CT molecular complexity index is 798. The summed E-state index contributed by atoms with van der Waals surface area (Å²) in [5.41, 5.74) is -0.452. The molecular formula is C18H19BrClNO4. The second-order valence-corrected chi connectivity index (χ2v) is 7.48. The zero-order valence-corrected chi connectivity index (χ0v) is 15.9. The molecule has 2 N–H and O–H groups in total. The summed E-state index contributed by atoms with van der Waals surface area (Å²) in [6, 6.07) is 8.89. The summed E-state index contributed by atoms with van der Waals surface area (Å²) in [6.07, 6.45) is 1.13. The number of benzene rings is 1. The van der Waals surface area contributed by atoms with Crippen molar-refractivity contribution in [2.45, 2.75) is 30.9 Å². The number of alkyl halides is 1. The number of piperidine rings is 1. The van der Waals surface area contributed by atoms with Gasteiger partial charge in [-0.3, -0.25) is 9.69 Å². The normalized spacial score (nSPS) is 17.6. The molecule has 0 aliphatic carbocycles. The minimum atomic E-state index is -0.863. The van der Waals surface area contributed by atoms with Crippen molar-refractivity contribution in [2.24, 2.45) is 0 Å². The molecule has 25 heavy (non-hydrogen) atoms. The van der Waals surface area contributed by atoms with Gasteiger partial charge in [-0.05, 0) is 30.5 Å². The first-order valence-electron chi connectivity index (χ1n) is 8.03. The molecule has 0 atom stereocenters. The molecular weight excluding hydrogens is 410 g/mol. The first kappa shape index (κ1) is 18.5. The van der Waals surface area contributed by atoms with Crippen LogP contribution in [0, 0.1) is 0 Å². The van der Waals surface area contributed by atoms with E-state index in [1.165, 1.54) is 6.07 Å². The van der Waals surface area contributed by atoms with Crippen LogP contribution in [0.15, 0.2) is 44.0 Å². The number of rotatable bonds is 4. The summed E-state index contributed by atoms with van der Waals surface area (Å²) in [5.74, 6) is 0.258. The lowest BCUT2D eigenvalue weighted by Gasteiger charge is -2.38. The van der Waals surface area contributed by atoms with Gasteiger partial charge in [-0.1, -0.05) is 28.1 Å². The third-order valence-corrected chi connectivity index (χ3v) is 5.40. The predicted octanol–water partition coefficient (Wildman–Crippen LogP) is 3.33. The van der Waals surface area contributed by atoms with Crippen molar-refractivity contribution >= 4 is 27.5 Å². The maximum absolute atomic E-state index is 11.7. The van der Waals surface area contributed by atoms with Gasteiger partial charge in [0.05, 0.1) is 18.0 Å². The minimum absolute atomic E-state index is 0.0752. The van der Waals surface area contributed by atoms with E-state index in [2.05, 4.69) is 15.9 Å². The van der Waals surface area contributed by atoms with E-state index in [4.69, 9.17) is 16.0 Å². The molecule has 5 nitrogen and oxygen atoms in total. The Balaban J connectivity index is 1.70. The number of aliphatic hydroxyl groups is 1. The van der Waals surface area contributed by atoms with Crippen LogP contribution in [0.2, 0.25) is 0 Å². The van der Waals surface area contributed by atoms with Gasteiger partial charge in [0.1, 0.15) is 5.76 Å². The van der Waals surface area contributed by atoms with E-state index in [0.29, 0.717) is 38.2 Å². The molecule has 1 saturated heterocycles. The summed E-state index contributed by atoms with van der Waals surface area (Å²) >= 11 is 9.12. The zero-order valence-electron chi connectivity index (χ0n) is 13.5. The molecule has 1 fully saturated rings. The number of hydrogen-bond acceptors (Lipinski definition) is 5. The Labute approximate surface area is 159 Å². The van der Waals surface area contributed by atoms with E-state index in [1.807, 2.05) is 29.2 Å². The summed E-state index contributed by atoms with van der Waals surface area (Å²) < 4.78 is 6.47. The van der Waals surface area contributed by atoms with Crippen LogP contribution in [0.3, 0.4) is 0 Å². The zero-order chi connectivity index (χ0) is 18.0. The molecule has 0 bridgehead atoms. The number of aromatic hydroxyl groups is 1. The van der Waals surface area contributed by atoms with Gasteiger partial charge < -0.3 is 14.6 Å². The van der Waals surface area contributed by atoms with Crippen LogP contribution in [0.5, 0.6) is 5.75 Å². The highest BCUT2D eigenvalue weighted by Gasteiger charge is 2.34. The van der Waals surface area contributed by atoms with Crippen LogP contribution in [0.1, 0.15) is 29.9 Å². The first-order chi connectivity index (χ1) is 11.9. The molecule has 1 aliphatic rings. The standard InChI is InChI=1S/C18H19BrClNO4/c19-13-3-1-12(2-4-13)18(24)5-7-21(8-6-18)11-16-17(23)15(22)9-14(10-20)25-16/h1-4,9,23-24H,5-8,10-11H2. The SMILES string of the molecule is O=c1cc(CCl)oc(CN2CCC(O)(c3ccc(Br)cc3)CC2)c1O. The van der Waals surface area contributed by atoms with Crippen LogP contribution in [-0.2, 0) is 18.0 Å². The number of nitrogens with zero attached hydrogens (tertiary/aromatic N) is 1. The lowest BCUT2D eigenvalue weighted by Crippen LogP contribution is -2.42. The van der Waals surface area contributed by atoms with Crippen molar-refractivity contribution in [1.29, 1.82) is 0 Å². The smallest absolute Gasteiger partial charge is 0.227 e. The van der Waals surface area contributed by atoms with Gasteiger partial charge in [-0.15, -0.1) is 11.6 Å². The van der Waals surface area contributed by atoms with Gasteiger partial charge in [0, 0.05) is 23.6 Å². The van der Waals surface area contributed by atoms with E-state index in [-0.39, 0.29) is 17.4 Å². The van der Waals surface area contributed by atoms with Gasteiger partial charge in [0.25, 0.3) is 0 Å². The maximum atomic E-state index is 11.7.